The molecule has 24 heavy (non-hydrogen) atoms. The van der Waals surface area contributed by atoms with Gasteiger partial charge in [0.25, 0.3) is 0 Å². The zero-order chi connectivity index (χ0) is 17.7. The van der Waals surface area contributed by atoms with E-state index in [4.69, 9.17) is 16.3 Å². The minimum Gasteiger partial charge on any atom is -0.471 e. The van der Waals surface area contributed by atoms with Crippen molar-refractivity contribution in [2.75, 3.05) is 5.32 Å². The summed E-state index contributed by atoms with van der Waals surface area (Å²) in [5, 5.41) is 6.16. The lowest BCUT2D eigenvalue weighted by Crippen LogP contribution is -2.39. The van der Waals surface area contributed by atoms with Gasteiger partial charge in [0.05, 0.1) is 0 Å². The van der Waals surface area contributed by atoms with Gasteiger partial charge in [-0.05, 0) is 54.3 Å². The van der Waals surface area contributed by atoms with Crippen molar-refractivity contribution in [3.63, 3.8) is 0 Å². The van der Waals surface area contributed by atoms with E-state index in [2.05, 4.69) is 31.4 Å². The first-order valence-electron chi connectivity index (χ1n) is 7.84. The molecular weight excluding hydrogens is 324 g/mol. The molecule has 0 aliphatic rings. The van der Waals surface area contributed by atoms with E-state index >= 15 is 0 Å². The van der Waals surface area contributed by atoms with E-state index in [1.54, 1.807) is 31.2 Å². The van der Waals surface area contributed by atoms with Crippen LogP contribution in [0.15, 0.2) is 48.5 Å². The Morgan fingerprint density at radius 1 is 1.04 bits per heavy atom. The molecule has 128 valence electrons. The van der Waals surface area contributed by atoms with E-state index in [1.165, 1.54) is 5.56 Å². The first kappa shape index (κ1) is 18.1. The Balaban J connectivity index is 1.87. The van der Waals surface area contributed by atoms with Crippen LogP contribution in [0.4, 0.5) is 10.5 Å². The molecule has 5 heteroatoms. The highest BCUT2D eigenvalue weighted by Crippen LogP contribution is 2.23. The molecule has 0 radical (unpaired) electrons. The van der Waals surface area contributed by atoms with Gasteiger partial charge in [-0.25, -0.2) is 4.79 Å². The van der Waals surface area contributed by atoms with E-state index in [0.29, 0.717) is 10.8 Å². The van der Waals surface area contributed by atoms with Gasteiger partial charge in [-0.3, -0.25) is 0 Å². The Morgan fingerprint density at radius 2 is 1.62 bits per heavy atom. The van der Waals surface area contributed by atoms with Crippen LogP contribution < -0.4 is 15.4 Å². The van der Waals surface area contributed by atoms with Gasteiger partial charge in [0, 0.05) is 10.7 Å². The smallest absolute Gasteiger partial charge is 0.322 e. The number of anilines is 1. The Labute approximate surface area is 148 Å². The van der Waals surface area contributed by atoms with Crippen molar-refractivity contribution in [2.24, 2.45) is 0 Å². The molecule has 0 saturated heterocycles. The van der Waals surface area contributed by atoms with Gasteiger partial charge in [0.2, 0.25) is 0 Å². The van der Waals surface area contributed by atoms with Crippen molar-refractivity contribution in [3.8, 4) is 5.75 Å². The van der Waals surface area contributed by atoms with E-state index in [0.717, 1.165) is 5.69 Å². The van der Waals surface area contributed by atoms with Crippen LogP contribution in [0.2, 0.25) is 5.02 Å². The summed E-state index contributed by atoms with van der Waals surface area (Å²) in [6.07, 6.45) is -0.472. The predicted octanol–water partition coefficient (Wildman–Crippen LogP) is 5.18. The summed E-state index contributed by atoms with van der Waals surface area (Å²) in [4.78, 5) is 12.0. The van der Waals surface area contributed by atoms with E-state index in [9.17, 15) is 4.79 Å². The summed E-state index contributed by atoms with van der Waals surface area (Å²) in [6, 6.07) is 14.5. The van der Waals surface area contributed by atoms with Crippen molar-refractivity contribution in [3.05, 3.63) is 59.1 Å². The summed E-state index contributed by atoms with van der Waals surface area (Å²) in [6.45, 7) is 8.21. The number of ether oxygens (including phenoxy) is 1. The summed E-state index contributed by atoms with van der Waals surface area (Å²) in [5.74, 6) is 0.640. The molecule has 2 aromatic rings. The second kappa shape index (κ2) is 7.58. The maximum Gasteiger partial charge on any atom is 0.322 e. The third-order valence-electron chi connectivity index (χ3n) is 3.47. The summed E-state index contributed by atoms with van der Waals surface area (Å²) >= 11 is 5.83. The number of halogens is 1. The van der Waals surface area contributed by atoms with Gasteiger partial charge in [0.15, 0.2) is 6.23 Å². The molecule has 1 atom stereocenters. The van der Waals surface area contributed by atoms with Crippen molar-refractivity contribution in [1.29, 1.82) is 0 Å². The highest BCUT2D eigenvalue weighted by atomic mass is 35.5. The maximum absolute atomic E-state index is 12.0. The number of carbonyl (C=O) groups excluding carboxylic acids is 1. The van der Waals surface area contributed by atoms with Crippen LogP contribution >= 0.6 is 11.6 Å². The molecule has 2 N–H and O–H groups in total. The molecule has 0 spiro atoms. The zero-order valence-electron chi connectivity index (χ0n) is 14.4. The zero-order valence-corrected chi connectivity index (χ0v) is 15.1. The van der Waals surface area contributed by atoms with Gasteiger partial charge in [-0.1, -0.05) is 44.5 Å². The van der Waals surface area contributed by atoms with E-state index in [-0.39, 0.29) is 11.4 Å². The van der Waals surface area contributed by atoms with Crippen LogP contribution in [0.1, 0.15) is 33.3 Å². The molecule has 0 aromatic heterocycles. The minimum absolute atomic E-state index is 0.0850. The van der Waals surface area contributed by atoms with Gasteiger partial charge in [0.1, 0.15) is 5.75 Å². The van der Waals surface area contributed by atoms with Gasteiger partial charge < -0.3 is 15.4 Å². The average Bonchev–Trinajstić information content (AvgIpc) is 2.49. The third-order valence-corrected chi connectivity index (χ3v) is 3.72. The summed E-state index contributed by atoms with van der Waals surface area (Å²) < 4.78 is 5.61. The van der Waals surface area contributed by atoms with Crippen molar-refractivity contribution >= 4 is 23.3 Å². The number of amides is 2. The highest BCUT2D eigenvalue weighted by Gasteiger charge is 2.13. The molecule has 2 amide bonds. The number of carbonyl (C=O) groups is 1. The monoisotopic (exact) mass is 346 g/mol. The SMILES string of the molecule is CC(NC(=O)Nc1ccc(C(C)(C)C)cc1)Oc1ccc(Cl)cc1. The number of nitrogens with one attached hydrogen (secondary N) is 2. The topological polar surface area (TPSA) is 50.4 Å². The molecule has 0 aliphatic heterocycles. The lowest BCUT2D eigenvalue weighted by Gasteiger charge is -2.20. The first-order chi connectivity index (χ1) is 11.2. The van der Waals surface area contributed by atoms with Crippen LogP contribution in [0.25, 0.3) is 0 Å². The average molecular weight is 347 g/mol. The van der Waals surface area contributed by atoms with Crippen molar-refractivity contribution in [1.82, 2.24) is 5.32 Å². The molecule has 2 rings (SSSR count). The fraction of sp³-hybridized carbons (Fsp3) is 0.316. The van der Waals surface area contributed by atoms with E-state index < -0.39 is 6.23 Å². The Hall–Kier alpha value is -2.20. The largest absolute Gasteiger partial charge is 0.471 e. The fourth-order valence-corrected chi connectivity index (χ4v) is 2.28. The number of hydrogen-bond donors (Lipinski definition) is 2. The second-order valence-corrected chi connectivity index (χ2v) is 7.08. The molecule has 0 fully saturated rings. The van der Waals surface area contributed by atoms with Gasteiger partial charge in [-0.2, -0.15) is 0 Å². The maximum atomic E-state index is 12.0. The van der Waals surface area contributed by atoms with Crippen LogP contribution in [0, 0.1) is 0 Å². The highest BCUT2D eigenvalue weighted by molar-refractivity contribution is 6.30. The van der Waals surface area contributed by atoms with E-state index in [1.807, 2.05) is 24.3 Å². The number of urea groups is 1. The van der Waals surface area contributed by atoms with Crippen molar-refractivity contribution in [2.45, 2.75) is 39.3 Å². The standard InChI is InChI=1S/C19H23ClN2O2/c1-13(24-17-11-7-15(20)8-12-17)21-18(23)22-16-9-5-14(6-10-16)19(2,3)4/h5-13H,1-4H3,(H2,21,22,23). The van der Waals surface area contributed by atoms with Crippen molar-refractivity contribution < 1.29 is 9.53 Å². The summed E-state index contributed by atoms with van der Waals surface area (Å²) in [7, 11) is 0. The molecule has 1 unspecified atom stereocenters. The molecular formula is C19H23ClN2O2. The molecule has 0 saturated carbocycles. The predicted molar refractivity (Wildman–Crippen MR) is 98.8 cm³/mol. The minimum atomic E-state index is -0.472. The lowest BCUT2D eigenvalue weighted by atomic mass is 9.87. The van der Waals surface area contributed by atoms with Crippen LogP contribution in [0.3, 0.4) is 0 Å². The molecule has 0 heterocycles. The number of hydrogen-bond acceptors (Lipinski definition) is 2. The number of rotatable bonds is 4. The molecule has 0 bridgehead atoms. The Kier molecular flexibility index (Phi) is 5.73. The van der Waals surface area contributed by atoms with Crippen LogP contribution in [-0.2, 0) is 5.41 Å². The first-order valence-corrected chi connectivity index (χ1v) is 8.22. The number of benzene rings is 2. The second-order valence-electron chi connectivity index (χ2n) is 6.64. The Morgan fingerprint density at radius 3 is 2.17 bits per heavy atom. The molecule has 2 aromatic carbocycles. The molecule has 0 aliphatic carbocycles. The Bertz CT molecular complexity index is 676. The third kappa shape index (κ3) is 5.46. The molecule has 4 nitrogen and oxygen atoms in total. The normalized spacial score (nSPS) is 12.4. The van der Waals surface area contributed by atoms with Gasteiger partial charge in [-0.15, -0.1) is 0 Å². The van der Waals surface area contributed by atoms with Crippen LogP contribution in [0.5, 0.6) is 5.75 Å². The lowest BCUT2D eigenvalue weighted by molar-refractivity contribution is 0.183. The van der Waals surface area contributed by atoms with Crippen LogP contribution in [-0.4, -0.2) is 12.3 Å². The quantitative estimate of drug-likeness (QED) is 0.749. The fourth-order valence-electron chi connectivity index (χ4n) is 2.15. The van der Waals surface area contributed by atoms with Gasteiger partial charge >= 0.3 is 6.03 Å². The summed E-state index contributed by atoms with van der Waals surface area (Å²) in [5.41, 5.74) is 2.04.